The number of carbonyl (C=O) groups is 2. The topological polar surface area (TPSA) is 166 Å². The summed E-state index contributed by atoms with van der Waals surface area (Å²) in [4.78, 5) is 28.7. The number of piperidine rings is 2. The molecule has 0 amide bonds. The standard InChI is InChI=1S/C37H55NO10/c1-8-19(4)31(41)46-26-12-13-33(6)24-14-23(39)29-35(33,48-37(24,26)45)15-22-21-17-38-16-18(3)10-11-25(38)34(7,43)27(21)28(40)30(36(22,29)44)47-32(42)20(5)9-2/h8-9,18,21-30,39-40,43-45H,10-17H2,1-7H3/b19-8+,20-9+/t18-,21-,22-,23+,24-,25-,26-,27+,28+,29+,30-,33-,34+,35+,36-,37+/m0/s1. The highest BCUT2D eigenvalue weighted by Gasteiger charge is 2.87. The number of hydrogen-bond acceptors (Lipinski definition) is 11. The van der Waals surface area contributed by atoms with E-state index >= 15 is 0 Å². The number of hydrogen-bond donors (Lipinski definition) is 5. The van der Waals surface area contributed by atoms with Crippen molar-refractivity contribution >= 4 is 11.9 Å². The fourth-order valence-corrected chi connectivity index (χ4v) is 12.3. The summed E-state index contributed by atoms with van der Waals surface area (Å²) in [7, 11) is 0. The number of aliphatic hydroxyl groups is 5. The molecular formula is C37H55NO10. The van der Waals surface area contributed by atoms with Gasteiger partial charge in [-0.05, 0) is 90.9 Å². The fraction of sp³-hybridized carbons (Fsp3) is 0.838. The van der Waals surface area contributed by atoms with Gasteiger partial charge in [0.1, 0.15) is 5.60 Å². The van der Waals surface area contributed by atoms with Crippen LogP contribution in [0.4, 0.5) is 0 Å². The van der Waals surface area contributed by atoms with Gasteiger partial charge in [0.25, 0.3) is 0 Å². The summed E-state index contributed by atoms with van der Waals surface area (Å²) in [6.07, 6.45) is 0.976. The lowest BCUT2D eigenvalue weighted by molar-refractivity contribution is -0.298. The molecule has 5 N–H and O–H groups in total. The van der Waals surface area contributed by atoms with Crippen LogP contribution in [0, 0.1) is 40.9 Å². The molecule has 4 bridgehead atoms. The molecule has 48 heavy (non-hydrogen) atoms. The van der Waals surface area contributed by atoms with Crippen LogP contribution in [0.15, 0.2) is 23.3 Å². The van der Waals surface area contributed by atoms with Gasteiger partial charge in [0, 0.05) is 53.4 Å². The molecule has 4 saturated carbocycles. The second-order valence-electron chi connectivity index (χ2n) is 17.0. The second-order valence-corrected chi connectivity index (χ2v) is 17.0. The van der Waals surface area contributed by atoms with Crippen molar-refractivity contribution in [2.75, 3.05) is 13.1 Å². The van der Waals surface area contributed by atoms with Crippen molar-refractivity contribution in [3.63, 3.8) is 0 Å². The molecule has 1 spiro atoms. The van der Waals surface area contributed by atoms with Crippen LogP contribution in [0.1, 0.15) is 87.0 Å². The van der Waals surface area contributed by atoms with Gasteiger partial charge in [-0.2, -0.15) is 0 Å². The number of esters is 2. The lowest BCUT2D eigenvalue weighted by Gasteiger charge is -2.64. The number of aliphatic hydroxyl groups excluding tert-OH is 2. The molecule has 0 aromatic heterocycles. The normalized spacial score (nSPS) is 54.5. The van der Waals surface area contributed by atoms with E-state index in [9.17, 15) is 35.1 Å². The molecule has 3 heterocycles. The first-order valence-corrected chi connectivity index (χ1v) is 18.1. The Kier molecular flexibility index (Phi) is 7.97. The summed E-state index contributed by atoms with van der Waals surface area (Å²) in [5, 5.41) is 62.6. The van der Waals surface area contributed by atoms with Crippen molar-refractivity contribution in [1.82, 2.24) is 4.90 Å². The number of nitrogens with zero attached hydrogens (tertiary/aromatic N) is 1. The maximum atomic E-state index is 13.5. The zero-order valence-electron chi connectivity index (χ0n) is 29.4. The Balaban J connectivity index is 1.36. The van der Waals surface area contributed by atoms with Crippen molar-refractivity contribution in [2.24, 2.45) is 40.9 Å². The van der Waals surface area contributed by atoms with Gasteiger partial charge >= 0.3 is 11.9 Å². The van der Waals surface area contributed by atoms with Gasteiger partial charge < -0.3 is 39.7 Å². The Morgan fingerprint density at radius 1 is 0.938 bits per heavy atom. The first-order chi connectivity index (χ1) is 22.4. The summed E-state index contributed by atoms with van der Waals surface area (Å²) in [6, 6.07) is -0.211. The van der Waals surface area contributed by atoms with Crippen molar-refractivity contribution in [2.45, 2.75) is 140 Å². The van der Waals surface area contributed by atoms with Crippen LogP contribution in [0.3, 0.4) is 0 Å². The third kappa shape index (κ3) is 4.24. The number of ether oxygens (including phenoxy) is 3. The summed E-state index contributed by atoms with van der Waals surface area (Å²) < 4.78 is 18.9. The minimum atomic E-state index is -1.95. The Labute approximate surface area is 283 Å². The average Bonchev–Trinajstić information content (AvgIpc) is 3.31. The molecular weight excluding hydrogens is 618 g/mol. The molecule has 11 heteroatoms. The average molecular weight is 674 g/mol. The molecule has 3 saturated heterocycles. The Bertz CT molecular complexity index is 1430. The predicted molar refractivity (Wildman–Crippen MR) is 173 cm³/mol. The van der Waals surface area contributed by atoms with Gasteiger partial charge in [-0.3, -0.25) is 4.90 Å². The number of allylic oxidation sites excluding steroid dienone is 2. The predicted octanol–water partition coefficient (Wildman–Crippen LogP) is 2.22. The summed E-state index contributed by atoms with van der Waals surface area (Å²) in [5.41, 5.74) is -4.66. The minimum Gasteiger partial charge on any atom is -0.453 e. The van der Waals surface area contributed by atoms with E-state index in [1.165, 1.54) is 0 Å². The Morgan fingerprint density at radius 2 is 1.58 bits per heavy atom. The van der Waals surface area contributed by atoms with E-state index in [1.807, 2.05) is 6.92 Å². The molecule has 0 radical (unpaired) electrons. The number of rotatable bonds is 4. The molecule has 11 nitrogen and oxygen atoms in total. The Hall–Kier alpha value is -1.86. The molecule has 0 aromatic rings. The van der Waals surface area contributed by atoms with Gasteiger partial charge in [-0.25, -0.2) is 9.59 Å². The van der Waals surface area contributed by atoms with Crippen LogP contribution in [0.25, 0.3) is 0 Å². The van der Waals surface area contributed by atoms with Crippen LogP contribution in [-0.2, 0) is 23.8 Å². The lowest BCUT2D eigenvalue weighted by atomic mass is 9.49. The second kappa shape index (κ2) is 11.1. The van der Waals surface area contributed by atoms with E-state index in [1.54, 1.807) is 46.8 Å². The van der Waals surface area contributed by atoms with Crippen molar-refractivity contribution < 1.29 is 49.3 Å². The SMILES string of the molecule is C/C=C(\C)C(=O)O[C@H]1CC[C@@]2(C)[C@@H]3C[C@@H](O)[C@H]4[C@@]5(O)[C@@H](C[C@@]42O[C@@]13O)[C@@H]1CN2C[C@@H](C)CC[C@H]2[C@@](C)(O)[C@H]1[C@@H](O)[C@@H]5OC(=O)/C(C)=C/C. The first-order valence-electron chi connectivity index (χ1n) is 18.1. The lowest BCUT2D eigenvalue weighted by Crippen LogP contribution is -2.77. The van der Waals surface area contributed by atoms with E-state index in [2.05, 4.69) is 11.8 Å². The molecule has 16 atom stereocenters. The molecule has 268 valence electrons. The maximum absolute atomic E-state index is 13.5. The molecule has 7 aliphatic rings. The van der Waals surface area contributed by atoms with E-state index in [-0.39, 0.29) is 18.9 Å². The third-order valence-corrected chi connectivity index (χ3v) is 14.8. The quantitative estimate of drug-likeness (QED) is 0.219. The monoisotopic (exact) mass is 673 g/mol. The van der Waals surface area contributed by atoms with E-state index < -0.39 is 93.9 Å². The minimum absolute atomic E-state index is 0.0628. The van der Waals surface area contributed by atoms with Crippen LogP contribution >= 0.6 is 0 Å². The summed E-state index contributed by atoms with van der Waals surface area (Å²) in [5.74, 6) is -6.23. The highest BCUT2D eigenvalue weighted by Crippen LogP contribution is 2.77. The molecule has 7 fully saturated rings. The number of fused-ring (bicyclic) bond motifs is 5. The van der Waals surface area contributed by atoms with Crippen LogP contribution in [-0.4, -0.2) is 109 Å². The highest BCUT2D eigenvalue weighted by atomic mass is 16.7. The third-order valence-electron chi connectivity index (χ3n) is 14.8. The van der Waals surface area contributed by atoms with Gasteiger partial charge in [0.05, 0.1) is 23.4 Å². The largest absolute Gasteiger partial charge is 0.453 e. The van der Waals surface area contributed by atoms with Gasteiger partial charge in [0.15, 0.2) is 12.2 Å². The molecule has 7 rings (SSSR count). The smallest absolute Gasteiger partial charge is 0.333 e. The van der Waals surface area contributed by atoms with Gasteiger partial charge in [-0.15, -0.1) is 0 Å². The first kappa shape index (κ1) is 34.6. The van der Waals surface area contributed by atoms with Crippen molar-refractivity contribution in [3.05, 3.63) is 23.3 Å². The zero-order chi connectivity index (χ0) is 34.9. The summed E-state index contributed by atoms with van der Waals surface area (Å²) >= 11 is 0. The zero-order valence-corrected chi connectivity index (χ0v) is 29.4. The van der Waals surface area contributed by atoms with Crippen molar-refractivity contribution in [3.8, 4) is 0 Å². The van der Waals surface area contributed by atoms with E-state index in [0.717, 1.165) is 19.4 Å². The fourth-order valence-electron chi connectivity index (χ4n) is 12.3. The molecule has 4 aliphatic carbocycles. The van der Waals surface area contributed by atoms with Crippen LogP contribution in [0.2, 0.25) is 0 Å². The number of carbonyl (C=O) groups excluding carboxylic acids is 2. The van der Waals surface area contributed by atoms with Gasteiger partial charge in [-0.1, -0.05) is 26.0 Å². The molecule has 0 aromatic carbocycles. The Morgan fingerprint density at radius 3 is 2.23 bits per heavy atom. The van der Waals surface area contributed by atoms with Crippen LogP contribution < -0.4 is 0 Å². The van der Waals surface area contributed by atoms with Crippen molar-refractivity contribution in [1.29, 1.82) is 0 Å². The van der Waals surface area contributed by atoms with Gasteiger partial charge in [0.2, 0.25) is 5.79 Å². The molecule has 0 unspecified atom stereocenters. The van der Waals surface area contributed by atoms with Crippen LogP contribution in [0.5, 0.6) is 0 Å². The molecule has 3 aliphatic heterocycles. The maximum Gasteiger partial charge on any atom is 0.333 e. The highest BCUT2D eigenvalue weighted by molar-refractivity contribution is 5.88. The van der Waals surface area contributed by atoms with E-state index in [4.69, 9.17) is 14.2 Å². The summed E-state index contributed by atoms with van der Waals surface area (Å²) in [6.45, 7) is 14.0. The van der Waals surface area contributed by atoms with E-state index in [0.29, 0.717) is 36.5 Å².